The van der Waals surface area contributed by atoms with E-state index in [1.54, 1.807) is 68.5 Å². The number of hydrogen-bond acceptors (Lipinski definition) is 10. The third kappa shape index (κ3) is 6.31. The largest absolute Gasteiger partial charge is 0.490 e. The van der Waals surface area contributed by atoms with Crippen LogP contribution in [-0.4, -0.2) is 43.4 Å². The van der Waals surface area contributed by atoms with E-state index in [-0.39, 0.29) is 28.3 Å². The van der Waals surface area contributed by atoms with E-state index >= 15 is 0 Å². The van der Waals surface area contributed by atoms with E-state index in [0.717, 1.165) is 0 Å². The molecule has 2 aromatic heterocycles. The van der Waals surface area contributed by atoms with Crippen molar-refractivity contribution in [3.63, 3.8) is 0 Å². The lowest BCUT2D eigenvalue weighted by atomic mass is 9.95. The molecular weight excluding hydrogens is 620 g/mol. The maximum atomic E-state index is 14.0. The van der Waals surface area contributed by atoms with Crippen molar-refractivity contribution in [1.82, 2.24) is 4.57 Å². The highest BCUT2D eigenvalue weighted by molar-refractivity contribution is 7.07. The average molecular weight is 651 g/mol. The Balaban J connectivity index is 1.62. The molecule has 2 aromatic carbocycles. The zero-order valence-corrected chi connectivity index (χ0v) is 26.9. The predicted octanol–water partition coefficient (Wildman–Crippen LogP) is 5.30. The van der Waals surface area contributed by atoms with Crippen molar-refractivity contribution >= 4 is 41.0 Å². The molecule has 0 N–H and O–H groups in total. The van der Waals surface area contributed by atoms with Crippen LogP contribution < -0.4 is 24.4 Å². The number of nitrogens with zero attached hydrogens (tertiary/aromatic N) is 2. The molecule has 0 aliphatic carbocycles. The van der Waals surface area contributed by atoms with Crippen molar-refractivity contribution < 1.29 is 33.0 Å². The van der Waals surface area contributed by atoms with E-state index in [4.69, 9.17) is 35.0 Å². The Kier molecular flexibility index (Phi) is 9.60. The highest BCUT2D eigenvalue weighted by atomic mass is 35.5. The number of aromatic nitrogens is 1. The number of thiazole rings is 1. The summed E-state index contributed by atoms with van der Waals surface area (Å²) in [6, 6.07) is 12.9. The Morgan fingerprint density at radius 3 is 2.47 bits per heavy atom. The Labute approximate surface area is 267 Å². The van der Waals surface area contributed by atoms with Crippen LogP contribution in [0.5, 0.6) is 11.5 Å². The van der Waals surface area contributed by atoms with Gasteiger partial charge in [-0.2, -0.15) is 0 Å². The van der Waals surface area contributed by atoms with Crippen LogP contribution in [-0.2, 0) is 14.3 Å². The molecule has 10 nitrogen and oxygen atoms in total. The molecule has 0 spiro atoms. The molecule has 45 heavy (non-hydrogen) atoms. The van der Waals surface area contributed by atoms with Gasteiger partial charge in [-0.3, -0.25) is 9.36 Å². The van der Waals surface area contributed by atoms with Gasteiger partial charge in [0.1, 0.15) is 11.5 Å². The van der Waals surface area contributed by atoms with E-state index in [0.29, 0.717) is 62.4 Å². The van der Waals surface area contributed by atoms with Crippen molar-refractivity contribution in [2.75, 3.05) is 26.9 Å². The third-order valence-corrected chi connectivity index (χ3v) is 8.27. The number of fused-ring (bicyclic) bond motifs is 1. The molecule has 234 valence electrons. The first-order valence-corrected chi connectivity index (χ1v) is 15.5. The van der Waals surface area contributed by atoms with Crippen LogP contribution in [0.1, 0.15) is 55.4 Å². The number of rotatable bonds is 10. The summed E-state index contributed by atoms with van der Waals surface area (Å²) in [6.45, 7) is 8.20. The van der Waals surface area contributed by atoms with Gasteiger partial charge in [0, 0.05) is 11.6 Å². The van der Waals surface area contributed by atoms with Crippen LogP contribution in [0.15, 0.2) is 74.0 Å². The van der Waals surface area contributed by atoms with Crippen LogP contribution >= 0.6 is 22.9 Å². The first-order chi connectivity index (χ1) is 21.7. The van der Waals surface area contributed by atoms with Gasteiger partial charge in [-0.1, -0.05) is 29.0 Å². The highest BCUT2D eigenvalue weighted by Crippen LogP contribution is 2.36. The molecule has 1 aliphatic rings. The van der Waals surface area contributed by atoms with Crippen LogP contribution in [0.25, 0.3) is 17.4 Å². The smallest absolute Gasteiger partial charge is 0.339 e. The number of furan rings is 1. The van der Waals surface area contributed by atoms with Gasteiger partial charge in [0.05, 0.1) is 59.4 Å². The van der Waals surface area contributed by atoms with Gasteiger partial charge in [-0.05, 0) is 75.7 Å². The molecule has 4 aromatic rings. The highest BCUT2D eigenvalue weighted by Gasteiger charge is 2.34. The topological polar surface area (TPSA) is 119 Å². The first-order valence-electron chi connectivity index (χ1n) is 14.3. The number of methoxy groups -OCH3 is 1. The summed E-state index contributed by atoms with van der Waals surface area (Å²) < 4.78 is 29.7. The molecule has 3 heterocycles. The molecule has 1 aliphatic heterocycles. The molecular formula is C33H31ClN2O8S. The lowest BCUT2D eigenvalue weighted by Gasteiger charge is -2.25. The summed E-state index contributed by atoms with van der Waals surface area (Å²) >= 11 is 7.34. The Morgan fingerprint density at radius 2 is 1.76 bits per heavy atom. The van der Waals surface area contributed by atoms with E-state index < -0.39 is 18.0 Å². The number of allylic oxidation sites excluding steroid dienone is 1. The maximum absolute atomic E-state index is 14.0. The van der Waals surface area contributed by atoms with Gasteiger partial charge in [0.25, 0.3) is 5.56 Å². The minimum atomic E-state index is -0.824. The fourth-order valence-corrected chi connectivity index (χ4v) is 6.23. The normalized spacial score (nSPS) is 14.5. The molecule has 0 radical (unpaired) electrons. The molecule has 0 unspecified atom stereocenters. The minimum absolute atomic E-state index is 0.162. The predicted molar refractivity (Wildman–Crippen MR) is 170 cm³/mol. The van der Waals surface area contributed by atoms with Gasteiger partial charge in [0.2, 0.25) is 0 Å². The zero-order chi connectivity index (χ0) is 32.2. The van der Waals surface area contributed by atoms with Crippen LogP contribution in [0.4, 0.5) is 0 Å². The summed E-state index contributed by atoms with van der Waals surface area (Å²) in [7, 11) is 1.28. The van der Waals surface area contributed by atoms with Crippen LogP contribution in [0.3, 0.4) is 0 Å². The molecule has 1 atom stereocenters. The summed E-state index contributed by atoms with van der Waals surface area (Å²) in [5.74, 6) is 0.798. The fraction of sp³-hybridized carbons (Fsp3) is 0.273. The van der Waals surface area contributed by atoms with Gasteiger partial charge in [-0.15, -0.1) is 0 Å². The lowest BCUT2D eigenvalue weighted by molar-refractivity contribution is -0.139. The van der Waals surface area contributed by atoms with E-state index in [1.165, 1.54) is 23.0 Å². The average Bonchev–Trinajstić information content (AvgIpc) is 3.61. The zero-order valence-electron chi connectivity index (χ0n) is 25.3. The van der Waals surface area contributed by atoms with E-state index in [1.807, 2.05) is 13.8 Å². The molecule has 0 amide bonds. The summed E-state index contributed by atoms with van der Waals surface area (Å²) in [5.41, 5.74) is 1.79. The molecule has 0 bridgehead atoms. The number of carbonyl (C=O) groups is 2. The second-order valence-corrected chi connectivity index (χ2v) is 11.2. The Hall–Kier alpha value is -4.61. The summed E-state index contributed by atoms with van der Waals surface area (Å²) in [6.07, 6.45) is 1.62. The van der Waals surface area contributed by atoms with E-state index in [2.05, 4.69) is 4.99 Å². The third-order valence-electron chi connectivity index (χ3n) is 6.96. The number of ether oxygens (including phenoxy) is 4. The SMILES string of the molecule is CCOC(=O)C1=C(C)N=c2s/c(=C\c3ccc(-c4ccc(Cl)c(C(=O)OC)c4)o3)c(=O)n2[C@H]1c1ccc(OCC)c(OCC)c1. The Morgan fingerprint density at radius 1 is 1.00 bits per heavy atom. The van der Waals surface area contributed by atoms with Crippen molar-refractivity contribution in [1.29, 1.82) is 0 Å². The van der Waals surface area contributed by atoms with Crippen molar-refractivity contribution in [2.45, 2.75) is 33.7 Å². The number of halogens is 1. The number of benzene rings is 2. The van der Waals surface area contributed by atoms with Gasteiger partial charge < -0.3 is 23.4 Å². The standard InChI is InChI=1S/C33H31ClN2O8S/c1-6-41-25-13-10-20(16-26(25)42-7-2)29-28(32(39)43-8-3)18(4)35-33-36(29)30(37)27(45-33)17-21-11-14-24(44-21)19-9-12-23(34)22(15-19)31(38)40-5/h9-17,29H,6-8H2,1-5H3/b27-17-/t29-/m0/s1. The second-order valence-electron chi connectivity index (χ2n) is 9.76. The van der Waals surface area contributed by atoms with Gasteiger partial charge in [-0.25, -0.2) is 14.6 Å². The van der Waals surface area contributed by atoms with Crippen molar-refractivity contribution in [2.24, 2.45) is 4.99 Å². The molecule has 5 rings (SSSR count). The fourth-order valence-electron chi connectivity index (χ4n) is 5.00. The molecule has 0 saturated carbocycles. The molecule has 0 fully saturated rings. The Bertz CT molecular complexity index is 1990. The van der Waals surface area contributed by atoms with Gasteiger partial charge in [0.15, 0.2) is 16.3 Å². The number of esters is 2. The number of carbonyl (C=O) groups excluding carboxylic acids is 2. The molecule has 12 heteroatoms. The van der Waals surface area contributed by atoms with Crippen molar-refractivity contribution in [3.05, 3.63) is 101 Å². The quantitative estimate of drug-likeness (QED) is 0.212. The van der Waals surface area contributed by atoms with Gasteiger partial charge >= 0.3 is 11.9 Å². The lowest BCUT2D eigenvalue weighted by Crippen LogP contribution is -2.40. The van der Waals surface area contributed by atoms with Crippen molar-refractivity contribution in [3.8, 4) is 22.8 Å². The minimum Gasteiger partial charge on any atom is -0.490 e. The molecule has 0 saturated heterocycles. The summed E-state index contributed by atoms with van der Waals surface area (Å²) in [4.78, 5) is 44.5. The number of hydrogen-bond donors (Lipinski definition) is 0. The van der Waals surface area contributed by atoms with Crippen LogP contribution in [0.2, 0.25) is 5.02 Å². The maximum Gasteiger partial charge on any atom is 0.339 e. The first kappa shape index (κ1) is 31.8. The second kappa shape index (κ2) is 13.6. The van der Waals surface area contributed by atoms with Crippen LogP contribution in [0, 0.1) is 0 Å². The monoisotopic (exact) mass is 650 g/mol. The van der Waals surface area contributed by atoms with E-state index in [9.17, 15) is 14.4 Å². The summed E-state index contributed by atoms with van der Waals surface area (Å²) in [5, 5.41) is 0.256.